The van der Waals surface area contributed by atoms with Crippen molar-refractivity contribution in [2.45, 2.75) is 6.92 Å². The molecule has 1 aromatic carbocycles. The normalized spacial score (nSPS) is 9.77. The molecule has 0 saturated heterocycles. The van der Waals surface area contributed by atoms with E-state index in [0.717, 1.165) is 5.56 Å². The number of carbonyl (C=O) groups excluding carboxylic acids is 1. The molecule has 0 aliphatic rings. The Morgan fingerprint density at radius 2 is 2.23 bits per heavy atom. The number of benzene rings is 1. The van der Waals surface area contributed by atoms with Crippen molar-refractivity contribution in [1.29, 1.82) is 0 Å². The van der Waals surface area contributed by atoms with Gasteiger partial charge in [-0.25, -0.2) is 0 Å². The van der Waals surface area contributed by atoms with E-state index in [2.05, 4.69) is 15.9 Å². The average molecular weight is 243 g/mol. The Labute approximate surface area is 86.0 Å². The van der Waals surface area contributed by atoms with Crippen LogP contribution in [-0.2, 0) is 0 Å². The van der Waals surface area contributed by atoms with Crippen molar-refractivity contribution in [1.82, 2.24) is 0 Å². The molecule has 2 nitrogen and oxygen atoms in total. The highest BCUT2D eigenvalue weighted by Gasteiger charge is 2.10. The van der Waals surface area contributed by atoms with Crippen LogP contribution in [-0.4, -0.2) is 18.2 Å². The minimum absolute atomic E-state index is 0.0422. The third kappa shape index (κ3) is 2.31. The SMILES string of the molecule is COc1ccc(C)cc1C(=O)CBr. The zero-order valence-electron chi connectivity index (χ0n) is 7.63. The van der Waals surface area contributed by atoms with E-state index in [1.807, 2.05) is 25.1 Å². The zero-order chi connectivity index (χ0) is 9.84. The molecule has 0 heterocycles. The van der Waals surface area contributed by atoms with E-state index in [1.165, 1.54) is 0 Å². The van der Waals surface area contributed by atoms with Crippen LogP contribution in [0.5, 0.6) is 5.75 Å². The number of methoxy groups -OCH3 is 1. The lowest BCUT2D eigenvalue weighted by atomic mass is 10.1. The number of rotatable bonds is 3. The number of halogens is 1. The Kier molecular flexibility index (Phi) is 3.48. The van der Waals surface area contributed by atoms with Crippen LogP contribution < -0.4 is 4.74 Å². The van der Waals surface area contributed by atoms with Crippen molar-refractivity contribution in [2.75, 3.05) is 12.4 Å². The molecule has 0 amide bonds. The van der Waals surface area contributed by atoms with Crippen LogP contribution in [0.4, 0.5) is 0 Å². The Morgan fingerprint density at radius 3 is 2.77 bits per heavy atom. The number of aryl methyl sites for hydroxylation is 1. The molecule has 1 rings (SSSR count). The van der Waals surface area contributed by atoms with Crippen LogP contribution in [0, 0.1) is 6.92 Å². The van der Waals surface area contributed by atoms with Gasteiger partial charge in [-0.2, -0.15) is 0 Å². The molecule has 0 spiro atoms. The minimum atomic E-state index is 0.0422. The van der Waals surface area contributed by atoms with Crippen molar-refractivity contribution in [2.24, 2.45) is 0 Å². The second-order valence-electron chi connectivity index (χ2n) is 2.76. The number of Topliss-reactive ketones (excluding diaryl/α,β-unsaturated/α-hetero) is 1. The van der Waals surface area contributed by atoms with Crippen LogP contribution in [0.25, 0.3) is 0 Å². The smallest absolute Gasteiger partial charge is 0.177 e. The summed E-state index contributed by atoms with van der Waals surface area (Å²) in [6.07, 6.45) is 0. The third-order valence-electron chi connectivity index (χ3n) is 1.78. The predicted molar refractivity (Wildman–Crippen MR) is 55.9 cm³/mol. The van der Waals surface area contributed by atoms with Gasteiger partial charge >= 0.3 is 0 Å². The molecule has 0 atom stereocenters. The van der Waals surface area contributed by atoms with E-state index < -0.39 is 0 Å². The Bertz CT molecular complexity index is 321. The maximum atomic E-state index is 11.4. The van der Waals surface area contributed by atoms with Crippen molar-refractivity contribution in [3.8, 4) is 5.75 Å². The zero-order valence-corrected chi connectivity index (χ0v) is 9.22. The average Bonchev–Trinajstić information content (AvgIpc) is 2.16. The van der Waals surface area contributed by atoms with Gasteiger partial charge in [0.1, 0.15) is 5.75 Å². The molecule has 13 heavy (non-hydrogen) atoms. The summed E-state index contributed by atoms with van der Waals surface area (Å²) < 4.78 is 5.08. The Balaban J connectivity index is 3.15. The van der Waals surface area contributed by atoms with E-state index in [4.69, 9.17) is 4.74 Å². The molecule has 0 N–H and O–H groups in total. The molecule has 0 aliphatic carbocycles. The van der Waals surface area contributed by atoms with Gasteiger partial charge in [-0.1, -0.05) is 27.6 Å². The number of carbonyl (C=O) groups is 1. The fraction of sp³-hybridized carbons (Fsp3) is 0.300. The lowest BCUT2D eigenvalue weighted by Crippen LogP contribution is -2.03. The first kappa shape index (κ1) is 10.3. The van der Waals surface area contributed by atoms with E-state index in [9.17, 15) is 4.79 Å². The lowest BCUT2D eigenvalue weighted by Gasteiger charge is -2.06. The molecular weight excluding hydrogens is 232 g/mol. The van der Waals surface area contributed by atoms with Crippen molar-refractivity contribution in [3.05, 3.63) is 29.3 Å². The number of ketones is 1. The summed E-state index contributed by atoms with van der Waals surface area (Å²) in [6, 6.07) is 5.57. The van der Waals surface area contributed by atoms with Crippen LogP contribution in [0.3, 0.4) is 0 Å². The molecule has 0 radical (unpaired) electrons. The number of hydrogen-bond acceptors (Lipinski definition) is 2. The van der Waals surface area contributed by atoms with Crippen LogP contribution in [0.2, 0.25) is 0 Å². The van der Waals surface area contributed by atoms with E-state index in [0.29, 0.717) is 16.6 Å². The quantitative estimate of drug-likeness (QED) is 0.602. The molecule has 0 bridgehead atoms. The fourth-order valence-corrected chi connectivity index (χ4v) is 1.41. The highest BCUT2D eigenvalue weighted by molar-refractivity contribution is 9.09. The molecule has 70 valence electrons. The van der Waals surface area contributed by atoms with Gasteiger partial charge in [0.15, 0.2) is 5.78 Å². The predicted octanol–water partition coefficient (Wildman–Crippen LogP) is 2.58. The first-order chi connectivity index (χ1) is 6.19. The summed E-state index contributed by atoms with van der Waals surface area (Å²) in [7, 11) is 1.57. The molecular formula is C10H11BrO2. The second-order valence-corrected chi connectivity index (χ2v) is 3.32. The van der Waals surface area contributed by atoms with Gasteiger partial charge in [0.05, 0.1) is 18.0 Å². The molecule has 0 aliphatic heterocycles. The van der Waals surface area contributed by atoms with Gasteiger partial charge in [-0.3, -0.25) is 4.79 Å². The van der Waals surface area contributed by atoms with E-state index >= 15 is 0 Å². The monoisotopic (exact) mass is 242 g/mol. The van der Waals surface area contributed by atoms with Gasteiger partial charge in [0.2, 0.25) is 0 Å². The molecule has 0 aromatic heterocycles. The first-order valence-electron chi connectivity index (χ1n) is 3.93. The topological polar surface area (TPSA) is 26.3 Å². The summed E-state index contributed by atoms with van der Waals surface area (Å²) in [6.45, 7) is 1.95. The van der Waals surface area contributed by atoms with Crippen LogP contribution in [0.15, 0.2) is 18.2 Å². The Morgan fingerprint density at radius 1 is 1.54 bits per heavy atom. The van der Waals surface area contributed by atoms with Gasteiger partial charge in [0.25, 0.3) is 0 Å². The highest BCUT2D eigenvalue weighted by atomic mass is 79.9. The summed E-state index contributed by atoms with van der Waals surface area (Å²) in [5, 5.41) is 0.326. The highest BCUT2D eigenvalue weighted by Crippen LogP contribution is 2.20. The number of hydrogen-bond donors (Lipinski definition) is 0. The summed E-state index contributed by atoms with van der Waals surface area (Å²) in [5.41, 5.74) is 1.70. The summed E-state index contributed by atoms with van der Waals surface area (Å²) in [5.74, 6) is 0.676. The van der Waals surface area contributed by atoms with Gasteiger partial charge < -0.3 is 4.74 Å². The minimum Gasteiger partial charge on any atom is -0.496 e. The maximum absolute atomic E-state index is 11.4. The first-order valence-corrected chi connectivity index (χ1v) is 5.05. The van der Waals surface area contributed by atoms with E-state index in [-0.39, 0.29) is 5.78 Å². The Hall–Kier alpha value is -0.830. The van der Waals surface area contributed by atoms with Gasteiger partial charge in [0, 0.05) is 0 Å². The van der Waals surface area contributed by atoms with Crippen molar-refractivity contribution < 1.29 is 9.53 Å². The largest absolute Gasteiger partial charge is 0.496 e. The standard InChI is InChI=1S/C10H11BrO2/c1-7-3-4-10(13-2)8(5-7)9(12)6-11/h3-5H,6H2,1-2H3. The molecule has 0 fully saturated rings. The number of ether oxygens (including phenoxy) is 1. The molecule has 0 unspecified atom stereocenters. The maximum Gasteiger partial charge on any atom is 0.177 e. The molecule has 1 aromatic rings. The third-order valence-corrected chi connectivity index (χ3v) is 2.29. The lowest BCUT2D eigenvalue weighted by molar-refractivity contribution is 0.102. The van der Waals surface area contributed by atoms with Crippen molar-refractivity contribution in [3.63, 3.8) is 0 Å². The van der Waals surface area contributed by atoms with Crippen LogP contribution >= 0.6 is 15.9 Å². The fourth-order valence-electron chi connectivity index (χ4n) is 1.11. The number of alkyl halides is 1. The van der Waals surface area contributed by atoms with Gasteiger partial charge in [-0.05, 0) is 19.1 Å². The van der Waals surface area contributed by atoms with Crippen molar-refractivity contribution >= 4 is 21.7 Å². The van der Waals surface area contributed by atoms with Crippen LogP contribution in [0.1, 0.15) is 15.9 Å². The molecule has 0 saturated carbocycles. The summed E-state index contributed by atoms with van der Waals surface area (Å²) >= 11 is 3.13. The van der Waals surface area contributed by atoms with Gasteiger partial charge in [-0.15, -0.1) is 0 Å². The summed E-state index contributed by atoms with van der Waals surface area (Å²) in [4.78, 5) is 11.4. The molecule has 3 heteroatoms. The second kappa shape index (κ2) is 4.42. The van der Waals surface area contributed by atoms with E-state index in [1.54, 1.807) is 7.11 Å².